The fraction of sp³-hybridized carbons (Fsp3) is 0.545. The van der Waals surface area contributed by atoms with Gasteiger partial charge in [0.2, 0.25) is 0 Å². The van der Waals surface area contributed by atoms with Crippen LogP contribution in [0, 0.1) is 0 Å². The topological polar surface area (TPSA) is 107 Å². The van der Waals surface area contributed by atoms with Crippen LogP contribution in [0.2, 0.25) is 0 Å². The van der Waals surface area contributed by atoms with E-state index in [4.69, 9.17) is 10.2 Å². The van der Waals surface area contributed by atoms with Gasteiger partial charge in [-0.25, -0.2) is 4.79 Å². The summed E-state index contributed by atoms with van der Waals surface area (Å²) in [6, 6.07) is 0. The van der Waals surface area contributed by atoms with Gasteiger partial charge in [-0.15, -0.1) is 0 Å². The Morgan fingerprint density at radius 2 is 1.82 bits per heavy atom. The van der Waals surface area contributed by atoms with E-state index in [-0.39, 0.29) is 6.61 Å². The number of rotatable bonds is 7. The van der Waals surface area contributed by atoms with Gasteiger partial charge >= 0.3 is 5.97 Å². The summed E-state index contributed by atoms with van der Waals surface area (Å²) in [7, 11) is 0. The first kappa shape index (κ1) is 15.8. The number of aliphatic hydroxyl groups excluding tert-OH is 4. The fourth-order valence-corrected chi connectivity index (χ4v) is 0.881. The largest absolute Gasteiger partial charge is 0.460 e. The molecule has 0 spiro atoms. The number of carbonyl (C=O) groups excluding carboxylic acids is 1. The normalized spacial score (nSPS) is 17.2. The molecule has 0 aromatic carbocycles. The molecular formula is C11H18O6. The molecule has 0 fully saturated rings. The lowest BCUT2D eigenvalue weighted by atomic mass is 10.2. The minimum atomic E-state index is -1.21. The lowest BCUT2D eigenvalue weighted by molar-refractivity contribution is -0.141. The van der Waals surface area contributed by atoms with E-state index in [1.165, 1.54) is 6.08 Å². The minimum absolute atomic E-state index is 0.326. The molecule has 0 amide bonds. The molecule has 4 N–H and O–H groups in total. The maximum absolute atomic E-state index is 11.0. The van der Waals surface area contributed by atoms with Crippen molar-refractivity contribution in [3.63, 3.8) is 0 Å². The third kappa shape index (κ3) is 7.64. The van der Waals surface area contributed by atoms with Gasteiger partial charge in [-0.1, -0.05) is 12.2 Å². The Morgan fingerprint density at radius 1 is 1.24 bits per heavy atom. The van der Waals surface area contributed by atoms with Crippen molar-refractivity contribution >= 4 is 5.97 Å². The third-order valence-corrected chi connectivity index (χ3v) is 1.80. The summed E-state index contributed by atoms with van der Waals surface area (Å²) in [6.07, 6.45) is 1.55. The zero-order valence-electron chi connectivity index (χ0n) is 9.56. The van der Waals surface area contributed by atoms with E-state index in [1.54, 1.807) is 13.0 Å². The van der Waals surface area contributed by atoms with Crippen LogP contribution in [0.1, 0.15) is 6.92 Å². The highest BCUT2D eigenvalue weighted by molar-refractivity contribution is 5.82. The molecule has 17 heavy (non-hydrogen) atoms. The van der Waals surface area contributed by atoms with E-state index in [9.17, 15) is 15.0 Å². The van der Waals surface area contributed by atoms with Crippen molar-refractivity contribution in [2.45, 2.75) is 25.2 Å². The average molecular weight is 246 g/mol. The number of esters is 1. The van der Waals surface area contributed by atoms with Crippen molar-refractivity contribution in [3.05, 3.63) is 24.3 Å². The standard InChI is InChI=1S/C11H18O6/c1-2-3-9(14)10(15)4-5-11(16)17-7-8(13)6-12/h2-5,8-10,12-15H,6-7H2,1H3. The lowest BCUT2D eigenvalue weighted by Gasteiger charge is -2.09. The first-order valence-electron chi connectivity index (χ1n) is 5.14. The van der Waals surface area contributed by atoms with Crippen molar-refractivity contribution in [2.24, 2.45) is 0 Å². The van der Waals surface area contributed by atoms with Crippen molar-refractivity contribution in [1.82, 2.24) is 0 Å². The highest BCUT2D eigenvalue weighted by Gasteiger charge is 2.10. The van der Waals surface area contributed by atoms with Crippen molar-refractivity contribution in [3.8, 4) is 0 Å². The molecule has 0 heterocycles. The number of aliphatic hydroxyl groups is 4. The van der Waals surface area contributed by atoms with Gasteiger partial charge < -0.3 is 25.2 Å². The lowest BCUT2D eigenvalue weighted by Crippen LogP contribution is -2.23. The summed E-state index contributed by atoms with van der Waals surface area (Å²) < 4.78 is 4.54. The molecule has 0 rings (SSSR count). The van der Waals surface area contributed by atoms with E-state index in [0.29, 0.717) is 0 Å². The van der Waals surface area contributed by atoms with Crippen molar-refractivity contribution < 1.29 is 30.0 Å². The summed E-state index contributed by atoms with van der Waals surface area (Å²) in [6.45, 7) is 0.858. The zero-order chi connectivity index (χ0) is 13.3. The van der Waals surface area contributed by atoms with E-state index in [0.717, 1.165) is 12.2 Å². The molecule has 98 valence electrons. The molecule has 0 saturated carbocycles. The Bertz CT molecular complexity index is 273. The molecule has 6 heteroatoms. The molecule has 0 saturated heterocycles. The second-order valence-corrected chi connectivity index (χ2v) is 3.33. The van der Waals surface area contributed by atoms with E-state index < -0.39 is 30.9 Å². The molecule has 3 atom stereocenters. The van der Waals surface area contributed by atoms with Gasteiger partial charge in [0.15, 0.2) is 0 Å². The van der Waals surface area contributed by atoms with Crippen LogP contribution >= 0.6 is 0 Å². The predicted octanol–water partition coefficient (Wildman–Crippen LogP) is -1.26. The van der Waals surface area contributed by atoms with Gasteiger partial charge in [-0.05, 0) is 13.0 Å². The Kier molecular flexibility index (Phi) is 8.25. The van der Waals surface area contributed by atoms with E-state index in [1.807, 2.05) is 0 Å². The number of hydrogen-bond donors (Lipinski definition) is 4. The fourth-order valence-electron chi connectivity index (χ4n) is 0.881. The Balaban J connectivity index is 4.02. The summed E-state index contributed by atoms with van der Waals surface area (Å²) in [5.74, 6) is -0.774. The van der Waals surface area contributed by atoms with Crippen molar-refractivity contribution in [1.29, 1.82) is 0 Å². The van der Waals surface area contributed by atoms with Crippen LogP contribution in [0.4, 0.5) is 0 Å². The first-order chi connectivity index (χ1) is 8.01. The molecule has 0 aliphatic carbocycles. The summed E-state index contributed by atoms with van der Waals surface area (Å²) >= 11 is 0. The van der Waals surface area contributed by atoms with Crippen LogP contribution in [0.15, 0.2) is 24.3 Å². The number of allylic oxidation sites excluding steroid dienone is 1. The molecule has 0 bridgehead atoms. The van der Waals surface area contributed by atoms with Gasteiger partial charge in [-0.3, -0.25) is 0 Å². The third-order valence-electron chi connectivity index (χ3n) is 1.80. The summed E-state index contributed by atoms with van der Waals surface area (Å²) in [5, 5.41) is 36.0. The van der Waals surface area contributed by atoms with Crippen LogP contribution in [-0.4, -0.2) is 57.9 Å². The Morgan fingerprint density at radius 3 is 2.35 bits per heavy atom. The van der Waals surface area contributed by atoms with Gasteiger partial charge in [0.1, 0.15) is 24.9 Å². The van der Waals surface area contributed by atoms with Crippen LogP contribution in [0.5, 0.6) is 0 Å². The molecule has 3 unspecified atom stereocenters. The van der Waals surface area contributed by atoms with Gasteiger partial charge in [0.25, 0.3) is 0 Å². The number of hydrogen-bond acceptors (Lipinski definition) is 6. The van der Waals surface area contributed by atoms with Gasteiger partial charge in [0.05, 0.1) is 6.61 Å². The molecule has 0 radical (unpaired) electrons. The Labute approximate surface area is 99.5 Å². The highest BCUT2D eigenvalue weighted by atomic mass is 16.5. The molecule has 0 aliphatic rings. The first-order valence-corrected chi connectivity index (χ1v) is 5.14. The van der Waals surface area contributed by atoms with E-state index in [2.05, 4.69) is 4.74 Å². The second kappa shape index (κ2) is 8.89. The van der Waals surface area contributed by atoms with Crippen LogP contribution in [0.25, 0.3) is 0 Å². The molecular weight excluding hydrogens is 228 g/mol. The van der Waals surface area contributed by atoms with Gasteiger partial charge in [-0.2, -0.15) is 0 Å². The molecule has 0 aromatic heterocycles. The smallest absolute Gasteiger partial charge is 0.330 e. The maximum Gasteiger partial charge on any atom is 0.330 e. The molecule has 0 aromatic rings. The number of carbonyl (C=O) groups is 1. The average Bonchev–Trinajstić information content (AvgIpc) is 2.32. The number of ether oxygens (including phenoxy) is 1. The maximum atomic E-state index is 11.0. The SMILES string of the molecule is CC=CC(O)C(O)C=CC(=O)OCC(O)CO. The Hall–Kier alpha value is -1.21. The molecule has 6 nitrogen and oxygen atoms in total. The van der Waals surface area contributed by atoms with Crippen LogP contribution in [-0.2, 0) is 9.53 Å². The predicted molar refractivity (Wildman–Crippen MR) is 60.0 cm³/mol. The van der Waals surface area contributed by atoms with Crippen LogP contribution < -0.4 is 0 Å². The quantitative estimate of drug-likeness (QED) is 0.254. The molecule has 0 aliphatic heterocycles. The summed E-state index contributed by atoms with van der Waals surface area (Å²) in [4.78, 5) is 11.0. The van der Waals surface area contributed by atoms with Crippen molar-refractivity contribution in [2.75, 3.05) is 13.2 Å². The van der Waals surface area contributed by atoms with Crippen LogP contribution in [0.3, 0.4) is 0 Å². The summed E-state index contributed by atoms with van der Waals surface area (Å²) in [5.41, 5.74) is 0. The zero-order valence-corrected chi connectivity index (χ0v) is 9.56. The highest BCUT2D eigenvalue weighted by Crippen LogP contribution is 1.98. The minimum Gasteiger partial charge on any atom is -0.460 e. The van der Waals surface area contributed by atoms with Gasteiger partial charge in [0, 0.05) is 6.08 Å². The monoisotopic (exact) mass is 246 g/mol. The van der Waals surface area contributed by atoms with E-state index >= 15 is 0 Å². The second-order valence-electron chi connectivity index (χ2n) is 3.33.